The largest absolute Gasteiger partial charge is 0.356 e. The first kappa shape index (κ1) is 16.6. The first-order valence-corrected chi connectivity index (χ1v) is 9.87. The van der Waals surface area contributed by atoms with Gasteiger partial charge in [0.05, 0.1) is 17.9 Å². The molecule has 0 bridgehead atoms. The van der Waals surface area contributed by atoms with E-state index in [4.69, 9.17) is 4.52 Å². The number of para-hydroxylation sites is 1. The van der Waals surface area contributed by atoms with Crippen molar-refractivity contribution in [1.82, 2.24) is 5.16 Å². The zero-order valence-electron chi connectivity index (χ0n) is 13.9. The molecule has 0 saturated carbocycles. The number of hydrogen-bond donors (Lipinski definition) is 1. The molecule has 1 amide bonds. The van der Waals surface area contributed by atoms with Gasteiger partial charge in [0.2, 0.25) is 15.9 Å². The van der Waals surface area contributed by atoms with Gasteiger partial charge >= 0.3 is 0 Å². The monoisotopic (exact) mass is 371 g/mol. The highest BCUT2D eigenvalue weighted by atomic mass is 32.2. The summed E-state index contributed by atoms with van der Waals surface area (Å²) in [5, 5.41) is 7.56. The Morgan fingerprint density at radius 1 is 1.15 bits per heavy atom. The zero-order valence-corrected chi connectivity index (χ0v) is 14.7. The average Bonchev–Trinajstić information content (AvgIpc) is 3.19. The number of rotatable bonds is 4. The smallest absolute Gasteiger partial charge is 0.235 e. The molecular formula is C18H17N3O4S. The third-order valence-corrected chi connectivity index (χ3v) is 6.19. The van der Waals surface area contributed by atoms with Gasteiger partial charge in [-0.1, -0.05) is 17.3 Å². The Labute approximate surface area is 150 Å². The van der Waals surface area contributed by atoms with Crippen molar-refractivity contribution in [2.24, 2.45) is 0 Å². The first-order valence-electron chi connectivity index (χ1n) is 8.26. The molecule has 2 aromatic carbocycles. The van der Waals surface area contributed by atoms with Crippen LogP contribution in [0.4, 0.5) is 11.4 Å². The normalized spacial score (nSPS) is 16.1. The lowest BCUT2D eigenvalue weighted by molar-refractivity contribution is -0.115. The molecule has 0 radical (unpaired) electrons. The van der Waals surface area contributed by atoms with Gasteiger partial charge in [0.1, 0.15) is 5.69 Å². The van der Waals surface area contributed by atoms with Crippen molar-refractivity contribution in [3.05, 3.63) is 54.2 Å². The Hall–Kier alpha value is -2.87. The number of anilines is 2. The summed E-state index contributed by atoms with van der Waals surface area (Å²) in [4.78, 5) is 12.3. The molecule has 7 nitrogen and oxygen atoms in total. The van der Waals surface area contributed by atoms with E-state index in [1.807, 2.05) is 18.2 Å². The third kappa shape index (κ3) is 3.15. The van der Waals surface area contributed by atoms with E-state index in [-0.39, 0.29) is 18.1 Å². The van der Waals surface area contributed by atoms with Crippen molar-refractivity contribution in [1.29, 1.82) is 0 Å². The maximum Gasteiger partial charge on any atom is 0.235 e. The summed E-state index contributed by atoms with van der Waals surface area (Å²) in [6.45, 7) is 0.493. The standard InChI is InChI=1S/C18H17N3O4S/c22-18(12-16-15-4-1-2-5-17(15)25-20-16)19-13-6-8-14(9-7-13)21-10-3-11-26(21,23)24/h1-2,4-9H,3,10-12H2,(H,19,22). The zero-order chi connectivity index (χ0) is 18.1. The van der Waals surface area contributed by atoms with Crippen LogP contribution in [0.1, 0.15) is 12.1 Å². The average molecular weight is 371 g/mol. The van der Waals surface area contributed by atoms with Gasteiger partial charge < -0.3 is 9.84 Å². The molecule has 1 aliphatic heterocycles. The molecule has 0 atom stereocenters. The molecule has 134 valence electrons. The quantitative estimate of drug-likeness (QED) is 0.761. The van der Waals surface area contributed by atoms with Gasteiger partial charge in [-0.3, -0.25) is 9.10 Å². The van der Waals surface area contributed by atoms with Crippen molar-refractivity contribution in [2.75, 3.05) is 21.9 Å². The fourth-order valence-electron chi connectivity index (χ4n) is 3.06. The first-order chi connectivity index (χ1) is 12.5. The summed E-state index contributed by atoms with van der Waals surface area (Å²) in [6, 6.07) is 14.2. The van der Waals surface area contributed by atoms with Crippen LogP contribution >= 0.6 is 0 Å². The van der Waals surface area contributed by atoms with Crippen molar-refractivity contribution >= 4 is 38.3 Å². The van der Waals surface area contributed by atoms with Crippen LogP contribution in [0.15, 0.2) is 53.1 Å². The van der Waals surface area contributed by atoms with E-state index in [9.17, 15) is 13.2 Å². The lowest BCUT2D eigenvalue weighted by atomic mass is 10.1. The number of benzene rings is 2. The molecule has 4 rings (SSSR count). The van der Waals surface area contributed by atoms with Crippen LogP contribution in [0.25, 0.3) is 11.0 Å². The second kappa shape index (κ2) is 6.45. The number of nitrogens with zero attached hydrogens (tertiary/aromatic N) is 2. The number of fused-ring (bicyclic) bond motifs is 1. The van der Waals surface area contributed by atoms with Crippen LogP contribution in [-0.4, -0.2) is 31.8 Å². The van der Waals surface area contributed by atoms with E-state index in [1.54, 1.807) is 30.3 Å². The van der Waals surface area contributed by atoms with Gasteiger partial charge in [0.15, 0.2) is 5.58 Å². The van der Waals surface area contributed by atoms with E-state index < -0.39 is 10.0 Å². The molecule has 1 saturated heterocycles. The highest BCUT2D eigenvalue weighted by Gasteiger charge is 2.28. The number of carbonyl (C=O) groups is 1. The maximum absolute atomic E-state index is 12.3. The topological polar surface area (TPSA) is 92.5 Å². The molecule has 8 heteroatoms. The van der Waals surface area contributed by atoms with Crippen molar-refractivity contribution < 1.29 is 17.7 Å². The fourth-order valence-corrected chi connectivity index (χ4v) is 4.63. The molecule has 1 aromatic heterocycles. The van der Waals surface area contributed by atoms with Crippen LogP contribution < -0.4 is 9.62 Å². The molecule has 0 aliphatic carbocycles. The molecule has 1 aliphatic rings. The van der Waals surface area contributed by atoms with Gasteiger partial charge in [-0.05, 0) is 42.8 Å². The van der Waals surface area contributed by atoms with E-state index >= 15 is 0 Å². The van der Waals surface area contributed by atoms with Crippen LogP contribution in [0, 0.1) is 0 Å². The molecule has 3 aromatic rings. The minimum atomic E-state index is -3.20. The number of hydrogen-bond acceptors (Lipinski definition) is 5. The fraction of sp³-hybridized carbons (Fsp3) is 0.222. The van der Waals surface area contributed by atoms with Crippen molar-refractivity contribution in [2.45, 2.75) is 12.8 Å². The summed E-state index contributed by atoms with van der Waals surface area (Å²) in [5.74, 6) is -0.0393. The molecule has 26 heavy (non-hydrogen) atoms. The number of amides is 1. The minimum Gasteiger partial charge on any atom is -0.356 e. The second-order valence-electron chi connectivity index (χ2n) is 6.14. The van der Waals surface area contributed by atoms with Gasteiger partial charge in [-0.2, -0.15) is 0 Å². The van der Waals surface area contributed by atoms with E-state index in [0.29, 0.717) is 35.6 Å². The Balaban J connectivity index is 1.45. The molecule has 0 spiro atoms. The Bertz CT molecular complexity index is 1060. The van der Waals surface area contributed by atoms with Crippen LogP contribution in [0.2, 0.25) is 0 Å². The molecule has 0 unspecified atom stereocenters. The number of nitrogens with one attached hydrogen (secondary N) is 1. The summed E-state index contributed by atoms with van der Waals surface area (Å²) >= 11 is 0. The summed E-state index contributed by atoms with van der Waals surface area (Å²) in [6.07, 6.45) is 0.728. The van der Waals surface area contributed by atoms with E-state index in [0.717, 1.165) is 5.39 Å². The summed E-state index contributed by atoms with van der Waals surface area (Å²) in [5.41, 5.74) is 2.44. The number of aromatic nitrogens is 1. The van der Waals surface area contributed by atoms with Crippen LogP contribution in [0.3, 0.4) is 0 Å². The van der Waals surface area contributed by atoms with Crippen molar-refractivity contribution in [3.8, 4) is 0 Å². The Morgan fingerprint density at radius 2 is 1.92 bits per heavy atom. The SMILES string of the molecule is O=C(Cc1noc2ccccc12)Nc1ccc(N2CCCS2(=O)=O)cc1. The lowest BCUT2D eigenvalue weighted by Gasteiger charge is -2.17. The van der Waals surface area contributed by atoms with Gasteiger partial charge in [-0.15, -0.1) is 0 Å². The van der Waals surface area contributed by atoms with E-state index in [1.165, 1.54) is 4.31 Å². The summed E-state index contributed by atoms with van der Waals surface area (Å²) < 4.78 is 30.5. The molecular weight excluding hydrogens is 354 g/mol. The lowest BCUT2D eigenvalue weighted by Crippen LogP contribution is -2.25. The van der Waals surface area contributed by atoms with Crippen LogP contribution in [0.5, 0.6) is 0 Å². The highest BCUT2D eigenvalue weighted by Crippen LogP contribution is 2.25. The second-order valence-corrected chi connectivity index (χ2v) is 8.15. The van der Waals surface area contributed by atoms with Crippen molar-refractivity contribution in [3.63, 3.8) is 0 Å². The Morgan fingerprint density at radius 3 is 2.65 bits per heavy atom. The van der Waals surface area contributed by atoms with Gasteiger partial charge in [0, 0.05) is 17.6 Å². The molecule has 1 fully saturated rings. The maximum atomic E-state index is 12.3. The van der Waals surface area contributed by atoms with Crippen LogP contribution in [-0.2, 0) is 21.2 Å². The molecule has 1 N–H and O–H groups in total. The minimum absolute atomic E-state index is 0.0965. The Kier molecular flexibility index (Phi) is 4.12. The van der Waals surface area contributed by atoms with Gasteiger partial charge in [-0.25, -0.2) is 8.42 Å². The highest BCUT2D eigenvalue weighted by molar-refractivity contribution is 7.93. The van der Waals surface area contributed by atoms with E-state index in [2.05, 4.69) is 10.5 Å². The third-order valence-electron chi connectivity index (χ3n) is 4.32. The predicted molar refractivity (Wildman–Crippen MR) is 98.5 cm³/mol. The summed E-state index contributed by atoms with van der Waals surface area (Å²) in [7, 11) is -3.20. The number of carbonyl (C=O) groups excluding carboxylic acids is 1. The number of sulfonamides is 1. The predicted octanol–water partition coefficient (Wildman–Crippen LogP) is 2.55. The van der Waals surface area contributed by atoms with Gasteiger partial charge in [0.25, 0.3) is 0 Å². The molecule has 2 heterocycles.